The predicted octanol–water partition coefficient (Wildman–Crippen LogP) is 1.93. The molecule has 106 valence electrons. The Morgan fingerprint density at radius 3 is 2.95 bits per heavy atom. The number of nitrogens with one attached hydrogen (secondary N) is 2. The van der Waals surface area contributed by atoms with Crippen molar-refractivity contribution in [3.05, 3.63) is 35.4 Å². The van der Waals surface area contributed by atoms with Crippen LogP contribution < -0.4 is 10.6 Å². The highest BCUT2D eigenvalue weighted by Gasteiger charge is 2.35. The van der Waals surface area contributed by atoms with E-state index in [1.54, 1.807) is 0 Å². The predicted molar refractivity (Wildman–Crippen MR) is 77.9 cm³/mol. The largest absolute Gasteiger partial charge is 0.342 e. The molecule has 4 nitrogen and oxygen atoms in total. The molecular weight excluding hydrogens is 250 g/mol. The molecule has 0 saturated carbocycles. The average molecular weight is 271 g/mol. The van der Waals surface area contributed by atoms with Crippen LogP contribution >= 0.6 is 0 Å². The Balaban J connectivity index is 2.09. The Hall–Kier alpha value is -1.86. The number of carbonyl (C=O) groups is 1. The van der Waals surface area contributed by atoms with Gasteiger partial charge < -0.3 is 10.6 Å². The fourth-order valence-electron chi connectivity index (χ4n) is 2.85. The minimum Gasteiger partial charge on any atom is -0.342 e. The van der Waals surface area contributed by atoms with E-state index in [-0.39, 0.29) is 30.5 Å². The van der Waals surface area contributed by atoms with Crippen molar-refractivity contribution < 1.29 is 4.79 Å². The average Bonchev–Trinajstić information content (AvgIpc) is 2.43. The highest BCUT2D eigenvalue weighted by Crippen LogP contribution is 2.43. The Labute approximate surface area is 120 Å². The maximum absolute atomic E-state index is 11.6. The van der Waals surface area contributed by atoms with Crippen LogP contribution in [-0.4, -0.2) is 19.0 Å². The van der Waals surface area contributed by atoms with E-state index in [4.69, 9.17) is 5.26 Å². The van der Waals surface area contributed by atoms with E-state index in [9.17, 15) is 4.79 Å². The lowest BCUT2D eigenvalue weighted by Gasteiger charge is -2.40. The lowest BCUT2D eigenvalue weighted by molar-refractivity contribution is -0.120. The highest BCUT2D eigenvalue weighted by molar-refractivity contribution is 5.78. The maximum atomic E-state index is 11.6. The lowest BCUT2D eigenvalue weighted by atomic mass is 9.70. The Kier molecular flexibility index (Phi) is 4.41. The van der Waals surface area contributed by atoms with Gasteiger partial charge in [-0.25, -0.2) is 0 Å². The summed E-state index contributed by atoms with van der Waals surface area (Å²) in [5, 5.41) is 14.4. The summed E-state index contributed by atoms with van der Waals surface area (Å²) in [5.41, 5.74) is 2.77. The van der Waals surface area contributed by atoms with Crippen molar-refractivity contribution in [2.75, 3.05) is 13.1 Å². The van der Waals surface area contributed by atoms with E-state index in [2.05, 4.69) is 42.7 Å². The van der Waals surface area contributed by atoms with E-state index in [1.165, 1.54) is 11.1 Å². The van der Waals surface area contributed by atoms with E-state index < -0.39 is 0 Å². The molecule has 4 heteroatoms. The van der Waals surface area contributed by atoms with Gasteiger partial charge in [-0.3, -0.25) is 4.79 Å². The molecule has 0 heterocycles. The summed E-state index contributed by atoms with van der Waals surface area (Å²) in [4.78, 5) is 11.6. The van der Waals surface area contributed by atoms with E-state index in [1.807, 2.05) is 12.1 Å². The second-order valence-electron chi connectivity index (χ2n) is 5.94. The van der Waals surface area contributed by atoms with Gasteiger partial charge in [0.1, 0.15) is 6.54 Å². The first-order valence-electron chi connectivity index (χ1n) is 6.99. The van der Waals surface area contributed by atoms with Crippen LogP contribution in [0.4, 0.5) is 0 Å². The SMILES string of the molecule is CC1(C)CCc2ccccc2C1NCC(=O)NCC#N. The molecule has 0 spiro atoms. The van der Waals surface area contributed by atoms with Crippen molar-refractivity contribution >= 4 is 5.91 Å². The monoisotopic (exact) mass is 271 g/mol. The molecule has 1 atom stereocenters. The number of hydrogen-bond acceptors (Lipinski definition) is 3. The summed E-state index contributed by atoms with van der Waals surface area (Å²) in [5.74, 6) is -0.134. The van der Waals surface area contributed by atoms with Crippen molar-refractivity contribution in [1.29, 1.82) is 5.26 Å². The Morgan fingerprint density at radius 2 is 2.20 bits per heavy atom. The zero-order valence-electron chi connectivity index (χ0n) is 12.1. The molecule has 1 aromatic carbocycles. The van der Waals surface area contributed by atoms with Crippen LogP contribution in [0.25, 0.3) is 0 Å². The number of carbonyl (C=O) groups excluding carboxylic acids is 1. The third-order valence-electron chi connectivity index (χ3n) is 4.02. The van der Waals surface area contributed by atoms with Gasteiger partial charge >= 0.3 is 0 Å². The first-order chi connectivity index (χ1) is 9.54. The fourth-order valence-corrected chi connectivity index (χ4v) is 2.85. The first kappa shape index (κ1) is 14.5. The van der Waals surface area contributed by atoms with Crippen molar-refractivity contribution in [2.45, 2.75) is 32.7 Å². The third-order valence-corrected chi connectivity index (χ3v) is 4.02. The van der Waals surface area contributed by atoms with Gasteiger partial charge in [0.15, 0.2) is 0 Å². The second-order valence-corrected chi connectivity index (χ2v) is 5.94. The number of benzene rings is 1. The number of aryl methyl sites for hydroxylation is 1. The molecule has 0 aromatic heterocycles. The van der Waals surface area contributed by atoms with Crippen molar-refractivity contribution in [3.8, 4) is 6.07 Å². The van der Waals surface area contributed by atoms with Crippen LogP contribution in [0.15, 0.2) is 24.3 Å². The summed E-state index contributed by atoms with van der Waals surface area (Å²) >= 11 is 0. The number of amides is 1. The van der Waals surface area contributed by atoms with Crippen LogP contribution in [0.1, 0.15) is 37.4 Å². The molecule has 1 amide bonds. The summed E-state index contributed by atoms with van der Waals surface area (Å²) in [6.45, 7) is 4.76. The smallest absolute Gasteiger partial charge is 0.234 e. The molecule has 20 heavy (non-hydrogen) atoms. The lowest BCUT2D eigenvalue weighted by Crippen LogP contribution is -2.43. The molecule has 0 bridgehead atoms. The fraction of sp³-hybridized carbons (Fsp3) is 0.500. The molecule has 1 aliphatic rings. The zero-order chi connectivity index (χ0) is 14.6. The molecule has 1 unspecified atom stereocenters. The second kappa shape index (κ2) is 6.06. The number of hydrogen-bond donors (Lipinski definition) is 2. The molecule has 2 rings (SSSR count). The Bertz CT molecular complexity index is 531. The minimum absolute atomic E-state index is 0.0607. The first-order valence-corrected chi connectivity index (χ1v) is 6.99. The molecule has 2 N–H and O–H groups in total. The van der Waals surface area contributed by atoms with Gasteiger partial charge in [-0.2, -0.15) is 5.26 Å². The third kappa shape index (κ3) is 3.17. The summed E-state index contributed by atoms with van der Waals surface area (Å²) in [6, 6.07) is 10.5. The highest BCUT2D eigenvalue weighted by atomic mass is 16.1. The van der Waals surface area contributed by atoms with Crippen molar-refractivity contribution in [2.24, 2.45) is 5.41 Å². The van der Waals surface area contributed by atoms with Crippen molar-refractivity contribution in [3.63, 3.8) is 0 Å². The van der Waals surface area contributed by atoms with Crippen LogP contribution in [0, 0.1) is 16.7 Å². The molecule has 1 aromatic rings. The minimum atomic E-state index is -0.134. The molecule has 0 fully saturated rings. The van der Waals surface area contributed by atoms with Gasteiger partial charge in [0.25, 0.3) is 0 Å². The molecule has 0 aliphatic heterocycles. The molecule has 0 radical (unpaired) electrons. The van der Waals surface area contributed by atoms with Crippen molar-refractivity contribution in [1.82, 2.24) is 10.6 Å². The number of nitriles is 1. The van der Waals surface area contributed by atoms with Gasteiger partial charge in [0.05, 0.1) is 12.6 Å². The molecule has 1 aliphatic carbocycles. The molecular formula is C16H21N3O. The number of nitrogens with zero attached hydrogens (tertiary/aromatic N) is 1. The standard InChI is InChI=1S/C16H21N3O/c1-16(2)8-7-12-5-3-4-6-13(12)15(16)19-11-14(20)18-10-9-17/h3-6,15,19H,7-8,10-11H2,1-2H3,(H,18,20). The summed E-state index contributed by atoms with van der Waals surface area (Å²) in [7, 11) is 0. The van der Waals surface area contributed by atoms with Gasteiger partial charge in [-0.1, -0.05) is 38.1 Å². The number of rotatable bonds is 4. The zero-order valence-corrected chi connectivity index (χ0v) is 12.1. The summed E-state index contributed by atoms with van der Waals surface area (Å²) < 4.78 is 0. The van der Waals surface area contributed by atoms with E-state index in [0.29, 0.717) is 0 Å². The van der Waals surface area contributed by atoms with E-state index in [0.717, 1.165) is 12.8 Å². The topological polar surface area (TPSA) is 64.9 Å². The van der Waals surface area contributed by atoms with Crippen LogP contribution in [0.3, 0.4) is 0 Å². The van der Waals surface area contributed by atoms with Crippen LogP contribution in [-0.2, 0) is 11.2 Å². The Morgan fingerprint density at radius 1 is 1.45 bits per heavy atom. The van der Waals surface area contributed by atoms with Gasteiger partial charge in [-0.05, 0) is 29.4 Å². The van der Waals surface area contributed by atoms with Gasteiger partial charge in [-0.15, -0.1) is 0 Å². The molecule has 0 saturated heterocycles. The van der Waals surface area contributed by atoms with Gasteiger partial charge in [0, 0.05) is 6.04 Å². The quantitative estimate of drug-likeness (QED) is 0.822. The maximum Gasteiger partial charge on any atom is 0.234 e. The summed E-state index contributed by atoms with van der Waals surface area (Å²) in [6.07, 6.45) is 2.18. The van der Waals surface area contributed by atoms with Crippen LogP contribution in [0.5, 0.6) is 0 Å². The van der Waals surface area contributed by atoms with Crippen LogP contribution in [0.2, 0.25) is 0 Å². The van der Waals surface area contributed by atoms with E-state index >= 15 is 0 Å². The van der Waals surface area contributed by atoms with Gasteiger partial charge in [0.2, 0.25) is 5.91 Å². The normalized spacial score (nSPS) is 19.8. The number of fused-ring (bicyclic) bond motifs is 1.